The topological polar surface area (TPSA) is 91.2 Å². The van der Waals surface area contributed by atoms with E-state index in [4.69, 9.17) is 14.6 Å². The van der Waals surface area contributed by atoms with Crippen LogP contribution in [-0.4, -0.2) is 30.7 Å². The van der Waals surface area contributed by atoms with E-state index in [0.29, 0.717) is 24.5 Å². The van der Waals surface area contributed by atoms with Gasteiger partial charge in [-0.05, 0) is 36.4 Å². The van der Waals surface area contributed by atoms with Gasteiger partial charge < -0.3 is 24.7 Å². The average Bonchev–Trinajstić information content (AvgIpc) is 2.63. The fraction of sp³-hybridized carbons (Fsp3) is 0.600. The van der Waals surface area contributed by atoms with E-state index in [1.165, 1.54) is 32.8 Å². The average molecular weight is 387 g/mol. The molecule has 0 fully saturated rings. The second-order valence-corrected chi connectivity index (χ2v) is 6.21. The van der Waals surface area contributed by atoms with E-state index in [1.807, 2.05) is 0 Å². The third kappa shape index (κ3) is 12.0. The van der Waals surface area contributed by atoms with Crippen molar-refractivity contribution in [3.8, 4) is 11.5 Å². The van der Waals surface area contributed by atoms with E-state index in [0.717, 1.165) is 18.4 Å². The zero-order valence-electron chi connectivity index (χ0n) is 16.8. The summed E-state index contributed by atoms with van der Waals surface area (Å²) in [5, 5.41) is 20.5. The first-order valence-electron chi connectivity index (χ1n) is 9.28. The third-order valence-electron chi connectivity index (χ3n) is 3.98. The van der Waals surface area contributed by atoms with Gasteiger partial charge in [-0.15, -0.1) is 0 Å². The normalized spacial score (nSPS) is 11.0. The number of carboxylic acids is 1. The Kier molecular flexibility index (Phi) is 15.1. The Labute approximate surface area is 184 Å². The van der Waals surface area contributed by atoms with E-state index in [-0.39, 0.29) is 48.5 Å². The molecule has 0 unspecified atom stereocenters. The maximum Gasteiger partial charge on any atom is 1.00 e. The van der Waals surface area contributed by atoms with E-state index in [9.17, 15) is 9.90 Å². The molecule has 0 aliphatic rings. The van der Waals surface area contributed by atoms with E-state index < -0.39 is 5.97 Å². The van der Waals surface area contributed by atoms with Crippen molar-refractivity contribution >= 4 is 11.9 Å². The summed E-state index contributed by atoms with van der Waals surface area (Å²) in [7, 11) is 1.52. The van der Waals surface area contributed by atoms with Crippen LogP contribution in [0.5, 0.6) is 11.5 Å². The molecule has 0 aromatic heterocycles. The molecule has 0 aliphatic heterocycles. The Hall–Kier alpha value is -1.24. The van der Waals surface area contributed by atoms with Crippen molar-refractivity contribution in [1.82, 2.24) is 0 Å². The molecule has 1 aromatic rings. The number of nitrogens with zero attached hydrogens (tertiary/aromatic N) is 1. The van der Waals surface area contributed by atoms with Crippen molar-refractivity contribution in [3.05, 3.63) is 23.8 Å². The predicted molar refractivity (Wildman–Crippen MR) is 99.9 cm³/mol. The monoisotopic (exact) mass is 387 g/mol. The van der Waals surface area contributed by atoms with Crippen molar-refractivity contribution in [2.75, 3.05) is 13.7 Å². The van der Waals surface area contributed by atoms with Crippen molar-refractivity contribution in [3.63, 3.8) is 0 Å². The summed E-state index contributed by atoms with van der Waals surface area (Å²) in [5.74, 6) is 0.00636. The number of carboxylic acid groups (broad SMARTS) is 1. The van der Waals surface area contributed by atoms with Crippen molar-refractivity contribution in [2.24, 2.45) is 4.99 Å². The van der Waals surface area contributed by atoms with Crippen molar-refractivity contribution in [2.45, 2.75) is 64.8 Å². The SMILES string of the molecule is CCCCCCCCC([O-])=NCc1ccc(OCCC(=O)O)c(OC)c1.[Na+]. The number of benzene rings is 1. The third-order valence-corrected chi connectivity index (χ3v) is 3.98. The number of hydrogen-bond acceptors (Lipinski definition) is 5. The number of methoxy groups -OCH3 is 1. The van der Waals surface area contributed by atoms with Crippen LogP contribution in [0.4, 0.5) is 0 Å². The molecule has 0 spiro atoms. The van der Waals surface area contributed by atoms with Crippen LogP contribution < -0.4 is 44.1 Å². The van der Waals surface area contributed by atoms with Crippen LogP contribution in [0, 0.1) is 0 Å². The van der Waals surface area contributed by atoms with Gasteiger partial charge in [0, 0.05) is 0 Å². The molecule has 0 amide bonds. The molecule has 146 valence electrons. The molecule has 1 N–H and O–H groups in total. The van der Waals surface area contributed by atoms with Crippen LogP contribution in [0.25, 0.3) is 0 Å². The number of carbonyl (C=O) groups is 1. The summed E-state index contributed by atoms with van der Waals surface area (Å²) >= 11 is 0. The molecule has 0 atom stereocenters. The number of unbranched alkanes of at least 4 members (excludes halogenated alkanes) is 5. The van der Waals surface area contributed by atoms with Crippen LogP contribution in [0.15, 0.2) is 23.2 Å². The number of aliphatic imine (C=N–C) groups is 1. The van der Waals surface area contributed by atoms with Gasteiger partial charge >= 0.3 is 35.5 Å². The quantitative estimate of drug-likeness (QED) is 0.218. The maximum atomic E-state index is 11.9. The Morgan fingerprint density at radius 1 is 1.11 bits per heavy atom. The predicted octanol–water partition coefficient (Wildman–Crippen LogP) is 0.562. The largest absolute Gasteiger partial charge is 1.00 e. The number of rotatable bonds is 14. The van der Waals surface area contributed by atoms with Crippen LogP contribution >= 0.6 is 0 Å². The van der Waals surface area contributed by atoms with Crippen LogP contribution in [-0.2, 0) is 11.3 Å². The minimum absolute atomic E-state index is 0. The Bertz CT molecular complexity index is 577. The fourth-order valence-corrected chi connectivity index (χ4v) is 2.49. The van der Waals surface area contributed by atoms with E-state index in [1.54, 1.807) is 18.2 Å². The Balaban J connectivity index is 0.00000676. The Morgan fingerprint density at radius 2 is 1.81 bits per heavy atom. The van der Waals surface area contributed by atoms with Crippen LogP contribution in [0.3, 0.4) is 0 Å². The first-order valence-corrected chi connectivity index (χ1v) is 9.28. The smallest absolute Gasteiger partial charge is 0.862 e. The van der Waals surface area contributed by atoms with Crippen LogP contribution in [0.2, 0.25) is 0 Å². The molecule has 1 aromatic carbocycles. The zero-order chi connectivity index (χ0) is 19.2. The second-order valence-electron chi connectivity index (χ2n) is 6.21. The summed E-state index contributed by atoms with van der Waals surface area (Å²) in [4.78, 5) is 14.6. The Morgan fingerprint density at radius 3 is 2.48 bits per heavy atom. The molecule has 0 radical (unpaired) electrons. The molecule has 0 saturated heterocycles. The van der Waals surface area contributed by atoms with Gasteiger partial charge in [0.15, 0.2) is 11.5 Å². The molecule has 0 saturated carbocycles. The minimum Gasteiger partial charge on any atom is -0.862 e. The van der Waals surface area contributed by atoms with E-state index >= 15 is 0 Å². The van der Waals surface area contributed by atoms with Gasteiger partial charge in [0.1, 0.15) is 0 Å². The molecule has 0 aliphatic carbocycles. The van der Waals surface area contributed by atoms with Crippen LogP contribution in [0.1, 0.15) is 63.9 Å². The standard InChI is InChI=1S/C20H31NO5.Na/c1-3-4-5-6-7-8-9-19(22)21-15-16-10-11-17(18(14-16)25-2)26-13-12-20(23)24;/h10-11,14H,3-9,12-13,15H2,1-2H3,(H,21,22)(H,23,24);/q;+1/p-1. The van der Waals surface area contributed by atoms with Gasteiger partial charge in [-0.2, -0.15) is 0 Å². The van der Waals surface area contributed by atoms with Gasteiger partial charge in [-0.1, -0.05) is 45.1 Å². The maximum absolute atomic E-state index is 11.9. The summed E-state index contributed by atoms with van der Waals surface area (Å²) in [5.41, 5.74) is 0.851. The molecule has 27 heavy (non-hydrogen) atoms. The molecule has 0 heterocycles. The zero-order valence-corrected chi connectivity index (χ0v) is 18.8. The van der Waals surface area contributed by atoms with Gasteiger partial charge in [0.05, 0.1) is 26.7 Å². The number of aliphatic carboxylic acids is 1. The summed E-state index contributed by atoms with van der Waals surface area (Å²) in [6.07, 6.45) is 7.30. The molecule has 7 heteroatoms. The minimum atomic E-state index is -0.914. The number of ether oxygens (including phenoxy) is 2. The molecular weight excluding hydrogens is 357 g/mol. The molecule has 1 rings (SSSR count). The van der Waals surface area contributed by atoms with E-state index in [2.05, 4.69) is 11.9 Å². The molecule has 6 nitrogen and oxygen atoms in total. The molecule has 0 bridgehead atoms. The first kappa shape index (κ1) is 25.8. The molecular formula is C20H30NNaO5. The number of hydrogen-bond donors (Lipinski definition) is 1. The summed E-state index contributed by atoms with van der Waals surface area (Å²) < 4.78 is 10.7. The van der Waals surface area contributed by atoms with Crippen molar-refractivity contribution < 1.29 is 54.0 Å². The summed E-state index contributed by atoms with van der Waals surface area (Å²) in [6, 6.07) is 5.28. The van der Waals surface area contributed by atoms with Crippen molar-refractivity contribution in [1.29, 1.82) is 0 Å². The summed E-state index contributed by atoms with van der Waals surface area (Å²) in [6.45, 7) is 2.57. The van der Waals surface area contributed by atoms with Gasteiger partial charge in [-0.3, -0.25) is 4.79 Å². The second kappa shape index (κ2) is 15.8. The van der Waals surface area contributed by atoms with Gasteiger partial charge in [-0.25, -0.2) is 0 Å². The first-order chi connectivity index (χ1) is 12.6. The van der Waals surface area contributed by atoms with Gasteiger partial charge in [0.25, 0.3) is 0 Å². The van der Waals surface area contributed by atoms with Gasteiger partial charge in [0.2, 0.25) is 0 Å². The fourth-order valence-electron chi connectivity index (χ4n) is 2.49.